The maximum absolute atomic E-state index is 13.2. The molecule has 0 unspecified atom stereocenters. The van der Waals surface area contributed by atoms with Crippen LogP contribution in [0.5, 0.6) is 0 Å². The summed E-state index contributed by atoms with van der Waals surface area (Å²) in [5.74, 6) is 1.54. The van der Waals surface area contributed by atoms with Crippen LogP contribution in [0.1, 0.15) is 30.1 Å². The standard InChI is InChI=1S/C26H29FN4O/c1-19-9-12-31(13-10-19)26(32)21-3-2-20-8-11-28-25(24(20)18-21)30-16-14-29(15-17-30)23-6-4-22(27)5-7-23/h2-8,11,18-19H,9-10,12-17H2,1H3. The van der Waals surface area contributed by atoms with Crippen LogP contribution in [0.4, 0.5) is 15.9 Å². The lowest BCUT2D eigenvalue weighted by Crippen LogP contribution is -2.46. The van der Waals surface area contributed by atoms with Crippen molar-refractivity contribution in [2.75, 3.05) is 49.1 Å². The Balaban J connectivity index is 1.35. The summed E-state index contributed by atoms with van der Waals surface area (Å²) in [6.07, 6.45) is 3.99. The number of nitrogens with zero attached hydrogens (tertiary/aromatic N) is 4. The number of rotatable bonds is 3. The number of aromatic nitrogens is 1. The molecule has 1 aromatic heterocycles. The maximum Gasteiger partial charge on any atom is 0.253 e. The summed E-state index contributed by atoms with van der Waals surface area (Å²) in [7, 11) is 0. The van der Waals surface area contributed by atoms with Gasteiger partial charge in [-0.25, -0.2) is 9.37 Å². The average molecular weight is 433 g/mol. The molecular weight excluding hydrogens is 403 g/mol. The molecule has 166 valence electrons. The number of fused-ring (bicyclic) bond motifs is 1. The summed E-state index contributed by atoms with van der Waals surface area (Å²) < 4.78 is 13.2. The number of likely N-dealkylation sites (tertiary alicyclic amines) is 1. The third-order valence-electron chi connectivity index (χ3n) is 6.83. The number of amides is 1. The molecule has 2 fully saturated rings. The van der Waals surface area contributed by atoms with Crippen molar-refractivity contribution >= 4 is 28.2 Å². The zero-order valence-corrected chi connectivity index (χ0v) is 18.5. The van der Waals surface area contributed by atoms with Crippen molar-refractivity contribution in [2.45, 2.75) is 19.8 Å². The van der Waals surface area contributed by atoms with E-state index >= 15 is 0 Å². The van der Waals surface area contributed by atoms with E-state index in [1.807, 2.05) is 47.5 Å². The molecule has 32 heavy (non-hydrogen) atoms. The molecule has 0 saturated carbocycles. The summed E-state index contributed by atoms with van der Waals surface area (Å²) in [6.45, 7) is 7.26. The fraction of sp³-hybridized carbons (Fsp3) is 0.385. The van der Waals surface area contributed by atoms with Crippen molar-refractivity contribution in [3.63, 3.8) is 0 Å². The van der Waals surface area contributed by atoms with E-state index in [1.54, 1.807) is 0 Å². The highest BCUT2D eigenvalue weighted by Crippen LogP contribution is 2.28. The Labute approximate surface area is 188 Å². The number of anilines is 2. The second kappa shape index (κ2) is 8.77. The van der Waals surface area contributed by atoms with Crippen LogP contribution in [-0.2, 0) is 0 Å². The maximum atomic E-state index is 13.2. The molecular formula is C26H29FN4O. The monoisotopic (exact) mass is 432 g/mol. The van der Waals surface area contributed by atoms with E-state index in [1.165, 1.54) is 12.1 Å². The number of piperazine rings is 1. The van der Waals surface area contributed by atoms with Gasteiger partial charge in [0.2, 0.25) is 0 Å². The summed E-state index contributed by atoms with van der Waals surface area (Å²) >= 11 is 0. The topological polar surface area (TPSA) is 39.7 Å². The van der Waals surface area contributed by atoms with E-state index < -0.39 is 0 Å². The van der Waals surface area contributed by atoms with Gasteiger partial charge in [0.1, 0.15) is 11.6 Å². The van der Waals surface area contributed by atoms with Gasteiger partial charge in [0, 0.05) is 62.1 Å². The molecule has 5 nitrogen and oxygen atoms in total. The first-order valence-electron chi connectivity index (χ1n) is 11.5. The zero-order chi connectivity index (χ0) is 22.1. The van der Waals surface area contributed by atoms with Crippen LogP contribution in [0.25, 0.3) is 10.8 Å². The van der Waals surface area contributed by atoms with Crippen LogP contribution < -0.4 is 9.80 Å². The highest BCUT2D eigenvalue weighted by Gasteiger charge is 2.23. The van der Waals surface area contributed by atoms with Crippen molar-refractivity contribution in [1.29, 1.82) is 0 Å². The summed E-state index contributed by atoms with van der Waals surface area (Å²) in [4.78, 5) is 24.4. The fourth-order valence-corrected chi connectivity index (χ4v) is 4.76. The number of benzene rings is 2. The van der Waals surface area contributed by atoms with Crippen molar-refractivity contribution in [3.8, 4) is 0 Å². The molecule has 1 amide bonds. The Bertz CT molecular complexity index is 1100. The molecule has 2 aromatic carbocycles. The summed E-state index contributed by atoms with van der Waals surface area (Å²) in [5, 5.41) is 2.12. The van der Waals surface area contributed by atoms with E-state index in [0.717, 1.165) is 80.0 Å². The van der Waals surface area contributed by atoms with Gasteiger partial charge in [-0.2, -0.15) is 0 Å². The molecule has 2 saturated heterocycles. The predicted octanol–water partition coefficient (Wildman–Crippen LogP) is 4.57. The van der Waals surface area contributed by atoms with Gasteiger partial charge in [-0.15, -0.1) is 0 Å². The van der Waals surface area contributed by atoms with Gasteiger partial charge in [-0.3, -0.25) is 4.79 Å². The van der Waals surface area contributed by atoms with Crippen LogP contribution in [-0.4, -0.2) is 55.1 Å². The lowest BCUT2D eigenvalue weighted by molar-refractivity contribution is 0.0697. The van der Waals surface area contributed by atoms with Crippen LogP contribution in [0.15, 0.2) is 54.7 Å². The number of carbonyl (C=O) groups is 1. The second-order valence-corrected chi connectivity index (χ2v) is 9.00. The normalized spacial score (nSPS) is 17.8. The minimum atomic E-state index is -0.211. The van der Waals surface area contributed by atoms with Crippen molar-refractivity contribution in [3.05, 3.63) is 66.1 Å². The fourth-order valence-electron chi connectivity index (χ4n) is 4.76. The molecule has 0 bridgehead atoms. The molecule has 2 aliphatic heterocycles. The number of halogens is 1. The molecule has 2 aliphatic rings. The Kier molecular flexibility index (Phi) is 5.68. The molecule has 3 aromatic rings. The van der Waals surface area contributed by atoms with E-state index in [2.05, 4.69) is 16.7 Å². The second-order valence-electron chi connectivity index (χ2n) is 9.00. The Hall–Kier alpha value is -3.15. The third-order valence-corrected chi connectivity index (χ3v) is 6.83. The summed E-state index contributed by atoms with van der Waals surface area (Å²) in [6, 6.07) is 14.7. The van der Waals surface area contributed by atoms with Crippen LogP contribution >= 0.6 is 0 Å². The first-order chi connectivity index (χ1) is 15.6. The number of hydrogen-bond donors (Lipinski definition) is 0. The minimum Gasteiger partial charge on any atom is -0.368 e. The molecule has 6 heteroatoms. The smallest absolute Gasteiger partial charge is 0.253 e. The van der Waals surface area contributed by atoms with Crippen molar-refractivity contribution in [2.24, 2.45) is 5.92 Å². The summed E-state index contributed by atoms with van der Waals surface area (Å²) in [5.41, 5.74) is 1.78. The van der Waals surface area contributed by atoms with Gasteiger partial charge >= 0.3 is 0 Å². The number of piperidine rings is 1. The van der Waals surface area contributed by atoms with Gasteiger partial charge < -0.3 is 14.7 Å². The average Bonchev–Trinajstić information content (AvgIpc) is 2.84. The SMILES string of the molecule is CC1CCN(C(=O)c2ccc3ccnc(N4CCN(c5ccc(F)cc5)CC4)c3c2)CC1. The first-order valence-corrected chi connectivity index (χ1v) is 11.5. The zero-order valence-electron chi connectivity index (χ0n) is 18.5. The van der Waals surface area contributed by atoms with Gasteiger partial charge in [-0.1, -0.05) is 13.0 Å². The lowest BCUT2D eigenvalue weighted by atomic mass is 9.98. The van der Waals surface area contributed by atoms with Gasteiger partial charge in [0.25, 0.3) is 5.91 Å². The first kappa shape index (κ1) is 20.7. The van der Waals surface area contributed by atoms with E-state index in [4.69, 9.17) is 4.98 Å². The lowest BCUT2D eigenvalue weighted by Gasteiger charge is -2.37. The van der Waals surface area contributed by atoms with Crippen LogP contribution in [0.2, 0.25) is 0 Å². The third kappa shape index (κ3) is 4.14. The van der Waals surface area contributed by atoms with Crippen LogP contribution in [0, 0.1) is 11.7 Å². The van der Waals surface area contributed by atoms with Gasteiger partial charge in [0.05, 0.1) is 0 Å². The predicted molar refractivity (Wildman–Crippen MR) is 127 cm³/mol. The Morgan fingerprint density at radius 2 is 1.59 bits per heavy atom. The molecule has 5 rings (SSSR count). The molecule has 0 aliphatic carbocycles. The van der Waals surface area contributed by atoms with E-state index in [0.29, 0.717) is 5.92 Å². The van der Waals surface area contributed by atoms with Crippen molar-refractivity contribution in [1.82, 2.24) is 9.88 Å². The van der Waals surface area contributed by atoms with Crippen LogP contribution in [0.3, 0.4) is 0 Å². The Morgan fingerprint density at radius 3 is 2.31 bits per heavy atom. The number of pyridine rings is 1. The van der Waals surface area contributed by atoms with Crippen molar-refractivity contribution < 1.29 is 9.18 Å². The quantitative estimate of drug-likeness (QED) is 0.608. The highest BCUT2D eigenvalue weighted by molar-refractivity contribution is 6.01. The minimum absolute atomic E-state index is 0.120. The number of carbonyl (C=O) groups excluding carboxylic acids is 1. The van der Waals surface area contributed by atoms with E-state index in [9.17, 15) is 9.18 Å². The molecule has 0 N–H and O–H groups in total. The number of hydrogen-bond acceptors (Lipinski definition) is 4. The Morgan fingerprint density at radius 1 is 0.906 bits per heavy atom. The molecule has 0 spiro atoms. The van der Waals surface area contributed by atoms with E-state index in [-0.39, 0.29) is 11.7 Å². The van der Waals surface area contributed by atoms with Gasteiger partial charge in [-0.05, 0) is 66.6 Å². The molecule has 0 radical (unpaired) electrons. The largest absolute Gasteiger partial charge is 0.368 e. The highest BCUT2D eigenvalue weighted by atomic mass is 19.1. The van der Waals surface area contributed by atoms with Gasteiger partial charge in [0.15, 0.2) is 0 Å². The molecule has 0 atom stereocenters. The molecule has 3 heterocycles.